The number of unbranched alkanes of at least 4 members (excludes halogenated alkanes) is 8. The Morgan fingerprint density at radius 3 is 1.30 bits per heavy atom. The van der Waals surface area contributed by atoms with E-state index in [1.165, 1.54) is 0 Å². The van der Waals surface area contributed by atoms with Crippen LogP contribution in [0.4, 0.5) is 39.5 Å². The Morgan fingerprint density at radius 2 is 0.933 bits per heavy atom. The third-order valence-electron chi connectivity index (χ3n) is 5.42. The first-order valence-electron chi connectivity index (χ1n) is 10.3. The van der Waals surface area contributed by atoms with E-state index in [0.29, 0.717) is 25.2 Å². The standard InChI is InChI=1S/C19H32F9OP/c1-3-30(29,4-2)15-13-11-9-7-5-6-8-10-12-14-16(20,21)17(22,23)18(24,25)19(26,27)28/h3-15H2,1-2H3. The fourth-order valence-electron chi connectivity index (χ4n) is 3.09. The number of rotatable bonds is 16. The smallest absolute Gasteiger partial charge is 0.324 e. The zero-order valence-electron chi connectivity index (χ0n) is 17.4. The molecule has 0 fully saturated rings. The highest BCUT2D eigenvalue weighted by Crippen LogP contribution is 2.54. The van der Waals surface area contributed by atoms with Crippen LogP contribution < -0.4 is 0 Å². The predicted molar refractivity (Wildman–Crippen MR) is 101 cm³/mol. The zero-order valence-corrected chi connectivity index (χ0v) is 18.3. The number of alkyl halides is 9. The van der Waals surface area contributed by atoms with Crippen LogP contribution in [0.5, 0.6) is 0 Å². The maximum atomic E-state index is 13.4. The summed E-state index contributed by atoms with van der Waals surface area (Å²) < 4.78 is 127. The van der Waals surface area contributed by atoms with E-state index in [-0.39, 0.29) is 6.42 Å². The van der Waals surface area contributed by atoms with Gasteiger partial charge in [0, 0.05) is 12.6 Å². The Kier molecular flexibility index (Phi) is 11.8. The average Bonchev–Trinajstić information content (AvgIpc) is 2.64. The van der Waals surface area contributed by atoms with Crippen molar-refractivity contribution in [3.8, 4) is 0 Å². The number of halogens is 9. The lowest BCUT2D eigenvalue weighted by Gasteiger charge is -2.33. The zero-order chi connectivity index (χ0) is 23.7. The molecule has 30 heavy (non-hydrogen) atoms. The second-order valence-corrected chi connectivity index (χ2v) is 11.5. The minimum absolute atomic E-state index is 0.0411. The molecule has 0 rings (SSSR count). The van der Waals surface area contributed by atoms with Gasteiger partial charge in [0.05, 0.1) is 7.14 Å². The SMILES string of the molecule is CCP(=O)(CC)CCCCCCCCCCCC(F)(F)C(F)(F)C(F)(F)C(F)(F)F. The quantitative estimate of drug-likeness (QED) is 0.123. The van der Waals surface area contributed by atoms with Gasteiger partial charge in [-0.05, 0) is 25.2 Å². The van der Waals surface area contributed by atoms with Crippen molar-refractivity contribution in [2.75, 3.05) is 18.5 Å². The van der Waals surface area contributed by atoms with Crippen LogP contribution in [0.1, 0.15) is 78.1 Å². The molecule has 0 aromatic rings. The van der Waals surface area contributed by atoms with Crippen LogP contribution in [0.3, 0.4) is 0 Å². The largest absolute Gasteiger partial charge is 0.460 e. The van der Waals surface area contributed by atoms with Crippen molar-refractivity contribution in [2.24, 2.45) is 0 Å². The van der Waals surface area contributed by atoms with E-state index in [1.807, 2.05) is 13.8 Å². The van der Waals surface area contributed by atoms with Crippen molar-refractivity contribution >= 4 is 7.14 Å². The summed E-state index contributed by atoms with van der Waals surface area (Å²) >= 11 is 0. The van der Waals surface area contributed by atoms with Gasteiger partial charge in [-0.25, -0.2) is 0 Å². The molecule has 0 saturated heterocycles. The van der Waals surface area contributed by atoms with Crippen molar-refractivity contribution in [3.05, 3.63) is 0 Å². The summed E-state index contributed by atoms with van der Waals surface area (Å²) in [7, 11) is -2.02. The number of hydrogen-bond acceptors (Lipinski definition) is 1. The minimum atomic E-state index is -6.80. The van der Waals surface area contributed by atoms with Gasteiger partial charge in [-0.2, -0.15) is 39.5 Å². The monoisotopic (exact) mass is 478 g/mol. The van der Waals surface area contributed by atoms with E-state index in [0.717, 1.165) is 38.3 Å². The van der Waals surface area contributed by atoms with Gasteiger partial charge in [0.15, 0.2) is 0 Å². The van der Waals surface area contributed by atoms with Gasteiger partial charge in [0.2, 0.25) is 0 Å². The normalized spacial score (nSPS) is 14.4. The lowest BCUT2D eigenvalue weighted by Crippen LogP contribution is -2.60. The molecule has 1 nitrogen and oxygen atoms in total. The summed E-state index contributed by atoms with van der Waals surface area (Å²) in [6, 6.07) is 0. The van der Waals surface area contributed by atoms with Crippen LogP contribution in [-0.4, -0.2) is 42.4 Å². The minimum Gasteiger partial charge on any atom is -0.324 e. The highest BCUT2D eigenvalue weighted by molar-refractivity contribution is 7.63. The fourth-order valence-corrected chi connectivity index (χ4v) is 4.97. The molecule has 0 radical (unpaired) electrons. The first-order chi connectivity index (χ1) is 13.6. The molecule has 0 atom stereocenters. The van der Waals surface area contributed by atoms with E-state index >= 15 is 0 Å². The third-order valence-corrected chi connectivity index (χ3v) is 8.86. The maximum absolute atomic E-state index is 13.4. The molecule has 0 bridgehead atoms. The summed E-state index contributed by atoms with van der Waals surface area (Å²) in [5.74, 6) is -18.8. The van der Waals surface area contributed by atoms with Crippen LogP contribution in [0.25, 0.3) is 0 Å². The summed E-state index contributed by atoms with van der Waals surface area (Å²) in [6.07, 6.45) is -1.50. The van der Waals surface area contributed by atoms with Crippen molar-refractivity contribution in [2.45, 2.75) is 102 Å². The Morgan fingerprint density at radius 1 is 0.567 bits per heavy atom. The van der Waals surface area contributed by atoms with Gasteiger partial charge >= 0.3 is 23.9 Å². The molecular weight excluding hydrogens is 446 g/mol. The molecule has 0 aliphatic rings. The molecule has 0 heterocycles. The van der Waals surface area contributed by atoms with E-state index < -0.39 is 43.9 Å². The van der Waals surface area contributed by atoms with Gasteiger partial charge in [-0.1, -0.05) is 58.8 Å². The lowest BCUT2D eigenvalue weighted by molar-refractivity contribution is -0.396. The van der Waals surface area contributed by atoms with Crippen LogP contribution in [0.2, 0.25) is 0 Å². The first kappa shape index (κ1) is 29.6. The molecule has 182 valence electrons. The van der Waals surface area contributed by atoms with Gasteiger partial charge in [0.25, 0.3) is 0 Å². The van der Waals surface area contributed by atoms with Gasteiger partial charge in [-0.3, -0.25) is 0 Å². The van der Waals surface area contributed by atoms with Crippen molar-refractivity contribution in [1.29, 1.82) is 0 Å². The van der Waals surface area contributed by atoms with Gasteiger partial charge in [-0.15, -0.1) is 0 Å². The summed E-state index contributed by atoms with van der Waals surface area (Å²) in [5, 5.41) is 0. The highest BCUT2D eigenvalue weighted by Gasteiger charge is 2.81. The van der Waals surface area contributed by atoms with Crippen LogP contribution in [0.15, 0.2) is 0 Å². The Balaban J connectivity index is 4.05. The summed E-state index contributed by atoms with van der Waals surface area (Å²) in [6.45, 7) is 3.84. The average molecular weight is 478 g/mol. The van der Waals surface area contributed by atoms with Gasteiger partial charge in [0.1, 0.15) is 0 Å². The van der Waals surface area contributed by atoms with Crippen molar-refractivity contribution < 1.29 is 44.1 Å². The molecule has 0 N–H and O–H groups in total. The Labute approximate surface area is 172 Å². The van der Waals surface area contributed by atoms with Crippen molar-refractivity contribution in [1.82, 2.24) is 0 Å². The Hall–Kier alpha value is -0.400. The summed E-state index contributed by atoms with van der Waals surface area (Å²) in [4.78, 5) is 0. The Bertz CT molecular complexity index is 525. The van der Waals surface area contributed by atoms with Crippen LogP contribution in [0, 0.1) is 0 Å². The van der Waals surface area contributed by atoms with Crippen LogP contribution in [-0.2, 0) is 4.57 Å². The second-order valence-electron chi connectivity index (χ2n) is 7.70. The highest BCUT2D eigenvalue weighted by atomic mass is 31.2. The van der Waals surface area contributed by atoms with Crippen molar-refractivity contribution in [3.63, 3.8) is 0 Å². The van der Waals surface area contributed by atoms with E-state index in [2.05, 4.69) is 0 Å². The molecule has 0 saturated carbocycles. The molecular formula is C19H32F9OP. The fraction of sp³-hybridized carbons (Fsp3) is 1.00. The molecule has 0 amide bonds. The second kappa shape index (κ2) is 12.0. The maximum Gasteiger partial charge on any atom is 0.460 e. The third kappa shape index (κ3) is 8.27. The predicted octanol–water partition coefficient (Wildman–Crippen LogP) is 8.76. The molecule has 0 unspecified atom stereocenters. The van der Waals surface area contributed by atoms with Gasteiger partial charge < -0.3 is 4.57 Å². The molecule has 0 aromatic heterocycles. The topological polar surface area (TPSA) is 17.1 Å². The van der Waals surface area contributed by atoms with E-state index in [1.54, 1.807) is 0 Å². The molecule has 0 aliphatic carbocycles. The molecule has 0 spiro atoms. The van der Waals surface area contributed by atoms with E-state index in [9.17, 15) is 44.1 Å². The summed E-state index contributed by atoms with van der Waals surface area (Å²) in [5.41, 5.74) is 0. The molecule has 0 aromatic carbocycles. The number of hydrogen-bond donors (Lipinski definition) is 0. The van der Waals surface area contributed by atoms with E-state index in [4.69, 9.17) is 0 Å². The van der Waals surface area contributed by atoms with Crippen LogP contribution >= 0.6 is 7.14 Å². The molecule has 0 aliphatic heterocycles. The lowest BCUT2D eigenvalue weighted by atomic mass is 9.97. The molecule has 11 heteroatoms. The first-order valence-corrected chi connectivity index (χ1v) is 12.6.